The van der Waals surface area contributed by atoms with E-state index in [0.29, 0.717) is 5.92 Å². The minimum Gasteiger partial charge on any atom is -0.335 e. The third kappa shape index (κ3) is 6.64. The van der Waals surface area contributed by atoms with Gasteiger partial charge in [0.05, 0.1) is 13.1 Å². The zero-order chi connectivity index (χ0) is 20.7. The van der Waals surface area contributed by atoms with Gasteiger partial charge in [0, 0.05) is 11.7 Å². The second-order valence-corrected chi connectivity index (χ2v) is 7.86. The molecule has 2 unspecified atom stereocenters. The van der Waals surface area contributed by atoms with Crippen molar-refractivity contribution in [3.63, 3.8) is 0 Å². The van der Waals surface area contributed by atoms with Crippen molar-refractivity contribution in [2.24, 2.45) is 5.92 Å². The number of rotatable bonds is 6. The minimum atomic E-state index is -0.461. The second kappa shape index (κ2) is 10.2. The third-order valence-corrected chi connectivity index (χ3v) is 5.39. The van der Waals surface area contributed by atoms with E-state index in [0.717, 1.165) is 36.1 Å². The topological polar surface area (TPSA) is 90.5 Å². The van der Waals surface area contributed by atoms with Crippen LogP contribution >= 0.6 is 0 Å². The van der Waals surface area contributed by atoms with E-state index >= 15 is 0 Å². The Morgan fingerprint density at radius 1 is 1.07 bits per heavy atom. The van der Waals surface area contributed by atoms with Crippen LogP contribution in [-0.4, -0.2) is 48.9 Å². The number of hydrogen-bond acceptors (Lipinski definition) is 4. The van der Waals surface area contributed by atoms with Crippen molar-refractivity contribution in [1.82, 2.24) is 15.5 Å². The van der Waals surface area contributed by atoms with Crippen LogP contribution in [0.5, 0.6) is 0 Å². The summed E-state index contributed by atoms with van der Waals surface area (Å²) in [5, 5.41) is 8.11. The Morgan fingerprint density at radius 3 is 2.46 bits per heavy atom. The Kier molecular flexibility index (Phi) is 7.99. The highest BCUT2D eigenvalue weighted by Gasteiger charge is 2.23. The van der Waals surface area contributed by atoms with Gasteiger partial charge in [-0.3, -0.25) is 19.8 Å². The van der Waals surface area contributed by atoms with Crippen LogP contribution in [0.2, 0.25) is 0 Å². The average Bonchev–Trinajstić information content (AvgIpc) is 2.60. The lowest BCUT2D eigenvalue weighted by Crippen LogP contribution is -2.50. The predicted octanol–water partition coefficient (Wildman–Crippen LogP) is 2.58. The van der Waals surface area contributed by atoms with Crippen molar-refractivity contribution in [3.8, 4) is 0 Å². The number of imide groups is 1. The van der Waals surface area contributed by atoms with Gasteiger partial charge in [-0.1, -0.05) is 31.9 Å². The van der Waals surface area contributed by atoms with E-state index < -0.39 is 11.9 Å². The number of urea groups is 1. The SMILES string of the molecule is Cc1cccc(NC(=O)CN(C)CC(=O)NC(=O)NC2CCCCC2C)c1C. The van der Waals surface area contributed by atoms with Crippen molar-refractivity contribution in [3.05, 3.63) is 29.3 Å². The first-order chi connectivity index (χ1) is 13.3. The summed E-state index contributed by atoms with van der Waals surface area (Å²) in [7, 11) is 1.67. The van der Waals surface area contributed by atoms with Gasteiger partial charge in [0.2, 0.25) is 11.8 Å². The summed E-state index contributed by atoms with van der Waals surface area (Å²) in [6, 6.07) is 5.38. The smallest absolute Gasteiger partial charge is 0.321 e. The molecule has 0 spiro atoms. The third-order valence-electron chi connectivity index (χ3n) is 5.39. The molecule has 0 bridgehead atoms. The van der Waals surface area contributed by atoms with Gasteiger partial charge < -0.3 is 10.6 Å². The lowest BCUT2D eigenvalue weighted by molar-refractivity contribution is -0.122. The summed E-state index contributed by atoms with van der Waals surface area (Å²) >= 11 is 0. The molecule has 7 nitrogen and oxygen atoms in total. The average molecular weight is 389 g/mol. The van der Waals surface area contributed by atoms with Crippen molar-refractivity contribution < 1.29 is 14.4 Å². The number of nitrogens with zero attached hydrogens (tertiary/aromatic N) is 1. The second-order valence-electron chi connectivity index (χ2n) is 7.86. The Hall–Kier alpha value is -2.41. The van der Waals surface area contributed by atoms with Crippen LogP contribution in [0.1, 0.15) is 43.7 Å². The molecule has 1 aromatic rings. The van der Waals surface area contributed by atoms with Gasteiger partial charge in [0.1, 0.15) is 0 Å². The molecule has 1 aliphatic carbocycles. The number of aryl methyl sites for hydroxylation is 1. The summed E-state index contributed by atoms with van der Waals surface area (Å²) in [5.41, 5.74) is 2.89. The van der Waals surface area contributed by atoms with Gasteiger partial charge in [-0.25, -0.2) is 4.79 Å². The number of likely N-dealkylation sites (N-methyl/N-ethyl adjacent to an activating group) is 1. The fourth-order valence-corrected chi connectivity index (χ4v) is 3.52. The number of hydrogen-bond donors (Lipinski definition) is 3. The Labute approximate surface area is 167 Å². The van der Waals surface area contributed by atoms with Gasteiger partial charge in [-0.15, -0.1) is 0 Å². The molecule has 4 amide bonds. The van der Waals surface area contributed by atoms with Crippen molar-refractivity contribution >= 4 is 23.5 Å². The zero-order valence-corrected chi connectivity index (χ0v) is 17.3. The molecule has 28 heavy (non-hydrogen) atoms. The molecule has 0 saturated heterocycles. The highest BCUT2D eigenvalue weighted by atomic mass is 16.2. The Balaban J connectivity index is 1.74. The molecule has 2 atom stereocenters. The maximum atomic E-state index is 12.2. The summed E-state index contributed by atoms with van der Waals surface area (Å²) in [6.07, 6.45) is 4.33. The molecule has 0 aromatic heterocycles. The first-order valence-electron chi connectivity index (χ1n) is 9.91. The number of amides is 4. The molecule has 0 radical (unpaired) electrons. The molecule has 3 N–H and O–H groups in total. The highest BCUT2D eigenvalue weighted by molar-refractivity contribution is 5.96. The molecule has 1 aromatic carbocycles. The van der Waals surface area contributed by atoms with Crippen molar-refractivity contribution in [1.29, 1.82) is 0 Å². The van der Waals surface area contributed by atoms with Crippen LogP contribution in [0.3, 0.4) is 0 Å². The Bertz CT molecular complexity index is 720. The fraction of sp³-hybridized carbons (Fsp3) is 0.571. The monoisotopic (exact) mass is 388 g/mol. The maximum absolute atomic E-state index is 12.2. The summed E-state index contributed by atoms with van der Waals surface area (Å²) in [6.45, 7) is 6.08. The van der Waals surface area contributed by atoms with Crippen LogP contribution < -0.4 is 16.0 Å². The summed E-state index contributed by atoms with van der Waals surface area (Å²) < 4.78 is 0. The van der Waals surface area contributed by atoms with Crippen LogP contribution in [0.15, 0.2) is 18.2 Å². The lowest BCUT2D eigenvalue weighted by atomic mass is 9.86. The van der Waals surface area contributed by atoms with Gasteiger partial charge in [-0.2, -0.15) is 0 Å². The van der Waals surface area contributed by atoms with E-state index in [1.54, 1.807) is 11.9 Å². The van der Waals surface area contributed by atoms with E-state index in [1.165, 1.54) is 6.42 Å². The number of anilines is 1. The van der Waals surface area contributed by atoms with E-state index in [2.05, 4.69) is 22.9 Å². The lowest BCUT2D eigenvalue weighted by Gasteiger charge is -2.29. The van der Waals surface area contributed by atoms with Crippen LogP contribution in [0, 0.1) is 19.8 Å². The molecule has 154 valence electrons. The van der Waals surface area contributed by atoms with Gasteiger partial charge in [0.25, 0.3) is 0 Å². The first-order valence-corrected chi connectivity index (χ1v) is 9.91. The summed E-state index contributed by atoms with van der Waals surface area (Å²) in [5.74, 6) is -0.210. The zero-order valence-electron chi connectivity index (χ0n) is 17.3. The number of carbonyl (C=O) groups is 3. The molecular weight excluding hydrogens is 356 g/mol. The van der Waals surface area contributed by atoms with Crippen molar-refractivity contribution in [2.75, 3.05) is 25.5 Å². The quantitative estimate of drug-likeness (QED) is 0.699. The highest BCUT2D eigenvalue weighted by Crippen LogP contribution is 2.23. The number of carbonyl (C=O) groups excluding carboxylic acids is 3. The van der Waals surface area contributed by atoms with Crippen molar-refractivity contribution in [2.45, 2.75) is 52.5 Å². The van der Waals surface area contributed by atoms with Gasteiger partial charge in [-0.05, 0) is 56.8 Å². The summed E-state index contributed by atoms with van der Waals surface area (Å²) in [4.78, 5) is 37.9. The maximum Gasteiger partial charge on any atom is 0.321 e. The molecule has 1 aliphatic rings. The number of nitrogens with one attached hydrogen (secondary N) is 3. The van der Waals surface area contributed by atoms with Gasteiger partial charge in [0.15, 0.2) is 0 Å². The van der Waals surface area contributed by atoms with Crippen LogP contribution in [0.4, 0.5) is 10.5 Å². The Morgan fingerprint density at radius 2 is 1.75 bits per heavy atom. The van der Waals surface area contributed by atoms with E-state index in [1.807, 2.05) is 32.0 Å². The van der Waals surface area contributed by atoms with E-state index in [9.17, 15) is 14.4 Å². The fourth-order valence-electron chi connectivity index (χ4n) is 3.52. The molecular formula is C21H32N4O3. The molecule has 2 rings (SSSR count). The van der Waals surface area contributed by atoms with Crippen LogP contribution in [0.25, 0.3) is 0 Å². The predicted molar refractivity (Wildman–Crippen MR) is 110 cm³/mol. The molecule has 0 aliphatic heterocycles. The largest absolute Gasteiger partial charge is 0.335 e. The normalized spacial score (nSPS) is 19.2. The minimum absolute atomic E-state index is 0.0339. The standard InChI is InChI=1S/C21H32N4O3/c1-14-9-7-11-18(16(14)3)22-19(26)12-25(4)13-20(27)24-21(28)23-17-10-6-5-8-15(17)2/h7,9,11,15,17H,5-6,8,10,12-13H2,1-4H3,(H,22,26)(H2,23,24,27,28). The first kappa shape index (κ1) is 21.9. The van der Waals surface area contributed by atoms with Crippen LogP contribution in [-0.2, 0) is 9.59 Å². The van der Waals surface area contributed by atoms with Gasteiger partial charge >= 0.3 is 6.03 Å². The van der Waals surface area contributed by atoms with E-state index in [4.69, 9.17) is 0 Å². The molecule has 7 heteroatoms. The number of benzene rings is 1. The molecule has 0 heterocycles. The molecule has 1 saturated carbocycles. The van der Waals surface area contributed by atoms with E-state index in [-0.39, 0.29) is 25.0 Å². The molecule has 1 fully saturated rings.